The number of methoxy groups -OCH3 is 1. The van der Waals surface area contributed by atoms with E-state index in [0.29, 0.717) is 35.0 Å². The smallest absolute Gasteiger partial charge is 0.463 e. The van der Waals surface area contributed by atoms with Gasteiger partial charge >= 0.3 is 68.2 Å². The maximum atomic E-state index is 14.4. The molecule has 0 fully saturated rings. The molecule has 6 amide bonds. The lowest BCUT2D eigenvalue weighted by Gasteiger charge is -2.37. The minimum atomic E-state index is -5.12. The summed E-state index contributed by atoms with van der Waals surface area (Å²) in [4.78, 5) is 76.1. The summed E-state index contributed by atoms with van der Waals surface area (Å²) in [7, 11) is 1.09. The fourth-order valence-corrected chi connectivity index (χ4v) is 15.2. The van der Waals surface area contributed by atoms with Crippen LogP contribution in [-0.2, 0) is 56.7 Å². The summed E-state index contributed by atoms with van der Waals surface area (Å²) < 4.78 is 300. The summed E-state index contributed by atoms with van der Waals surface area (Å²) in [6.07, 6.45) is -30.9. The third-order valence-electron chi connectivity index (χ3n) is 18.6. The molecule has 0 saturated heterocycles. The molecule has 3 aromatic heterocycles. The minimum absolute atomic E-state index is 0.00245. The summed E-state index contributed by atoms with van der Waals surface area (Å²) in [6.45, 7) is 7.62. The zero-order valence-corrected chi connectivity index (χ0v) is 71.5. The Hall–Kier alpha value is -14.5. The quantitative estimate of drug-likeness (QED) is 0.0177. The number of amides is 6. The average Bonchev–Trinajstić information content (AvgIpc) is 0.818. The van der Waals surface area contributed by atoms with Crippen molar-refractivity contribution >= 4 is 68.9 Å². The van der Waals surface area contributed by atoms with Gasteiger partial charge in [0.15, 0.2) is 10.3 Å². The number of halogens is 20. The lowest BCUT2D eigenvalue weighted by Crippen LogP contribution is -2.50. The summed E-state index contributed by atoms with van der Waals surface area (Å²) in [5.74, 6) is -10.3. The van der Waals surface area contributed by atoms with Gasteiger partial charge in [0.05, 0.1) is 36.0 Å². The molecule has 134 heavy (non-hydrogen) atoms. The molecule has 7 N–H and O–H groups in total. The number of rotatable bonds is 28. The Labute approximate surface area is 754 Å². The number of nitrogens with zero attached hydrogens (tertiary/aromatic N) is 4. The van der Waals surface area contributed by atoms with Crippen LogP contribution in [0, 0.1) is 0 Å². The number of hydrogen-bond acceptors (Lipinski definition) is 19. The van der Waals surface area contributed by atoms with E-state index >= 15 is 0 Å². The standard InChI is InChI=1S/C31H25F8N3O5S.C30H27F6N3O3S.C27H21F6N5O5/c1-3-45-25(43)23-24(28(2,32)33)40-27(48-23)41-26(44)42-29(17-18-9-5-4-6-10-18,19-11-7-13-21(15-19)46-30(34,35)36)20-12-8-14-22(16-20)47-31(37,38)39;1-27(2,3)24-18-43-26(37-24)38-25(40)39-28(17-19-9-5-4-6-10-19,20-11-7-13-22(15-20)41-29(31,32)33)21-12-8-14-23(16-21)42-30(34,35)36;1-41-22(39)21-34-23(38-37-21)35-24(40)36-25(15-16-7-3-2-4-8-16,17-9-5-11-19(13-17)42-26(28,29)30)18-10-6-12-20(14-18)43-27(31,32)33/h4-16H,3,17H2,1-2H3,(H2,40,41,42,44);4-16,18H,17H2,1-3H3,(H2,37,38,39,40);2-14H,15H2,1H3,(H3,34,35,36,37,38,40). The molecule has 0 radical (unpaired) electrons. The van der Waals surface area contributed by atoms with Gasteiger partial charge < -0.3 is 53.8 Å². The summed E-state index contributed by atoms with van der Waals surface area (Å²) in [5.41, 5.74) is -4.43. The van der Waals surface area contributed by atoms with Crippen molar-refractivity contribution in [1.82, 2.24) is 41.1 Å². The van der Waals surface area contributed by atoms with Gasteiger partial charge in [-0.05, 0) is 130 Å². The number of carbonyl (C=O) groups excluding carboxylic acids is 5. The number of esters is 2. The fourth-order valence-electron chi connectivity index (χ4n) is 13.3. The van der Waals surface area contributed by atoms with Crippen LogP contribution in [0.4, 0.5) is 118 Å². The number of anilines is 3. The van der Waals surface area contributed by atoms with E-state index in [1.807, 2.05) is 20.8 Å². The van der Waals surface area contributed by atoms with Crippen LogP contribution in [0.2, 0.25) is 0 Å². The van der Waals surface area contributed by atoms with E-state index in [2.05, 4.69) is 90.2 Å². The molecule has 0 aliphatic carbocycles. The van der Waals surface area contributed by atoms with Gasteiger partial charge in [0.2, 0.25) is 5.82 Å². The van der Waals surface area contributed by atoms with Crippen molar-refractivity contribution in [1.29, 1.82) is 0 Å². The number of alkyl halides is 20. The molecule has 12 aromatic rings. The van der Waals surface area contributed by atoms with E-state index in [4.69, 9.17) is 4.74 Å². The topological polar surface area (TPSA) is 299 Å². The van der Waals surface area contributed by atoms with E-state index in [9.17, 15) is 112 Å². The number of H-pyrrole nitrogens is 1. The number of thiazole rings is 2. The molecule has 0 bridgehead atoms. The van der Waals surface area contributed by atoms with Crippen molar-refractivity contribution in [3.63, 3.8) is 0 Å². The van der Waals surface area contributed by atoms with Gasteiger partial charge in [-0.25, -0.2) is 33.9 Å². The predicted molar refractivity (Wildman–Crippen MR) is 444 cm³/mol. The molecule has 3 heterocycles. The lowest BCUT2D eigenvalue weighted by atomic mass is 9.77. The number of aromatic amines is 1. The molecular weight excluding hydrogens is 1860 g/mol. The normalized spacial score (nSPS) is 12.2. The lowest BCUT2D eigenvalue weighted by molar-refractivity contribution is -0.275. The van der Waals surface area contributed by atoms with Crippen LogP contribution in [-0.4, -0.2) is 107 Å². The zero-order chi connectivity index (χ0) is 98.1. The van der Waals surface area contributed by atoms with Gasteiger partial charge in [-0.15, -0.1) is 95.5 Å². The van der Waals surface area contributed by atoms with E-state index in [0.717, 1.165) is 85.6 Å². The Morgan fingerprint density at radius 2 is 0.664 bits per heavy atom. The maximum absolute atomic E-state index is 14.4. The van der Waals surface area contributed by atoms with Crippen molar-refractivity contribution in [3.8, 4) is 34.5 Å². The van der Waals surface area contributed by atoms with Gasteiger partial charge in [0.1, 0.15) is 45.1 Å². The number of nitrogens with one attached hydrogen (secondary N) is 7. The average molecular weight is 1940 g/mol. The highest BCUT2D eigenvalue weighted by atomic mass is 32.1. The second-order valence-corrected chi connectivity index (χ2v) is 31.3. The van der Waals surface area contributed by atoms with E-state index < -0.39 is 141 Å². The third-order valence-corrected chi connectivity index (χ3v) is 20.3. The first-order chi connectivity index (χ1) is 62.7. The number of benzene rings is 9. The van der Waals surface area contributed by atoms with Crippen LogP contribution in [0.1, 0.15) is 116 Å². The maximum Gasteiger partial charge on any atom is 0.573 e. The molecule has 0 saturated carbocycles. The Morgan fingerprint density at radius 1 is 0.366 bits per heavy atom. The highest BCUT2D eigenvalue weighted by Crippen LogP contribution is 2.45. The molecule has 0 aliphatic rings. The largest absolute Gasteiger partial charge is 0.573 e. The van der Waals surface area contributed by atoms with Crippen LogP contribution in [0.25, 0.3) is 0 Å². The SMILES string of the molecule is CC(C)(C)c1csc(NC(=O)NC(Cc2ccccc2)(c2cccc(OC(F)(F)F)c2)c2cccc(OC(F)(F)F)c2)n1.CCOC(=O)c1sc(NC(=O)NC(Cc2ccccc2)(c2cccc(OC(F)(F)F)c2)c2cccc(OC(F)(F)F)c2)nc1C(C)(F)F.COC(=O)c1nc(NC(=O)NC(Cc2ccccc2)(c2cccc(OC(F)(F)F)c2)c2cccc(OC(F)(F)F)c2)n[nH]1. The Bertz CT molecular complexity index is 5830. The second kappa shape index (κ2) is 42.0. The van der Waals surface area contributed by atoms with E-state index in [1.165, 1.54) is 91.1 Å². The van der Waals surface area contributed by atoms with Crippen LogP contribution >= 0.6 is 22.7 Å². The van der Waals surface area contributed by atoms with Crippen molar-refractivity contribution in [2.45, 2.75) is 120 Å². The first-order valence-electron chi connectivity index (χ1n) is 38.8. The third kappa shape index (κ3) is 29.5. The highest BCUT2D eigenvalue weighted by Gasteiger charge is 2.46. The van der Waals surface area contributed by atoms with Crippen molar-refractivity contribution < 1.29 is 150 Å². The van der Waals surface area contributed by atoms with Crippen LogP contribution in [0.3, 0.4) is 0 Å². The monoisotopic (exact) mass is 1940 g/mol. The Balaban J connectivity index is 0.000000209. The second-order valence-electron chi connectivity index (χ2n) is 29.5. The van der Waals surface area contributed by atoms with E-state index in [1.54, 1.807) is 96.4 Å². The molecule has 9 aromatic carbocycles. The van der Waals surface area contributed by atoms with Gasteiger partial charge in [-0.2, -0.15) is 13.8 Å². The van der Waals surface area contributed by atoms with Gasteiger partial charge in [0, 0.05) is 37.0 Å². The molecule has 0 atom stereocenters. The molecule has 0 spiro atoms. The summed E-state index contributed by atoms with van der Waals surface area (Å²) in [6, 6.07) is 49.9. The molecule has 710 valence electrons. The van der Waals surface area contributed by atoms with Gasteiger partial charge in [0.25, 0.3) is 11.9 Å². The van der Waals surface area contributed by atoms with Crippen LogP contribution in [0.15, 0.2) is 242 Å². The van der Waals surface area contributed by atoms with Crippen LogP contribution < -0.4 is 60.3 Å². The highest BCUT2D eigenvalue weighted by molar-refractivity contribution is 7.17. The van der Waals surface area contributed by atoms with Gasteiger partial charge in [-0.3, -0.25) is 21.0 Å². The molecule has 0 unspecified atom stereocenters. The van der Waals surface area contributed by atoms with Gasteiger partial charge in [-0.1, -0.05) is 196 Å². The summed E-state index contributed by atoms with van der Waals surface area (Å²) >= 11 is 1.55. The zero-order valence-electron chi connectivity index (χ0n) is 69.9. The minimum Gasteiger partial charge on any atom is -0.463 e. The van der Waals surface area contributed by atoms with Crippen molar-refractivity contribution in [2.24, 2.45) is 0 Å². The number of carbonyl (C=O) groups is 5. The molecule has 0 aliphatic heterocycles. The number of hydrogen-bond donors (Lipinski definition) is 7. The van der Waals surface area contributed by atoms with Crippen LogP contribution in [0.5, 0.6) is 34.5 Å². The first-order valence-corrected chi connectivity index (χ1v) is 40.5. The predicted octanol–water partition coefficient (Wildman–Crippen LogP) is 22.8. The number of urea groups is 3. The van der Waals surface area contributed by atoms with Crippen molar-refractivity contribution in [3.05, 3.63) is 314 Å². The Morgan fingerprint density at radius 3 is 0.933 bits per heavy atom. The number of aromatic nitrogens is 5. The molecule has 12 rings (SSSR count). The fraction of sp³-hybridized carbons (Fsp3) is 0.239. The Kier molecular flexibility index (Phi) is 31.8. The summed E-state index contributed by atoms with van der Waals surface area (Å²) in [5, 5.41) is 22.8. The molecule has 46 heteroatoms. The first kappa shape index (κ1) is 102. The van der Waals surface area contributed by atoms with E-state index in [-0.39, 0.29) is 81.6 Å². The number of ether oxygens (including phenoxy) is 8. The molecular formula is C88H73F20N11O13S2. The molecule has 24 nitrogen and oxygen atoms in total. The van der Waals surface area contributed by atoms with Crippen molar-refractivity contribution in [2.75, 3.05) is 29.7 Å².